The van der Waals surface area contributed by atoms with Gasteiger partial charge in [-0.2, -0.15) is 0 Å². The first kappa shape index (κ1) is 11.0. The number of carbonyl (C=O) groups is 1. The summed E-state index contributed by atoms with van der Waals surface area (Å²) >= 11 is 0. The van der Waals surface area contributed by atoms with Gasteiger partial charge in [0.05, 0.1) is 6.61 Å². The molecule has 0 amide bonds. The Morgan fingerprint density at radius 1 is 1.06 bits per heavy atom. The van der Waals surface area contributed by atoms with Crippen LogP contribution in [0.2, 0.25) is 0 Å². The second-order valence-corrected chi connectivity index (χ2v) is 4.55. The zero-order valence-corrected chi connectivity index (χ0v) is 10.3. The Bertz CT molecular complexity index is 597. The smallest absolute Gasteiger partial charge is 0.159 e. The van der Waals surface area contributed by atoms with Gasteiger partial charge in [0.15, 0.2) is 5.78 Å². The van der Waals surface area contributed by atoms with Crippen LogP contribution in [0.25, 0.3) is 11.1 Å². The summed E-state index contributed by atoms with van der Waals surface area (Å²) in [7, 11) is 0. The Labute approximate surface area is 106 Å². The number of hydrogen-bond acceptors (Lipinski definition) is 2. The quantitative estimate of drug-likeness (QED) is 0.748. The van der Waals surface area contributed by atoms with Gasteiger partial charge in [-0.3, -0.25) is 4.79 Å². The van der Waals surface area contributed by atoms with Crippen molar-refractivity contribution in [2.24, 2.45) is 0 Å². The predicted octanol–water partition coefficient (Wildman–Crippen LogP) is 3.49. The number of ketones is 1. The maximum absolute atomic E-state index is 11.2. The van der Waals surface area contributed by atoms with E-state index in [1.165, 1.54) is 11.1 Å². The average Bonchev–Trinajstić information content (AvgIpc) is 2.86. The first-order valence-corrected chi connectivity index (χ1v) is 6.11. The monoisotopic (exact) mass is 238 g/mol. The zero-order chi connectivity index (χ0) is 12.5. The molecular formula is C16H14O2. The van der Waals surface area contributed by atoms with Crippen LogP contribution in [0.5, 0.6) is 5.75 Å². The number of fused-ring (bicyclic) bond motifs is 1. The molecule has 18 heavy (non-hydrogen) atoms. The maximum Gasteiger partial charge on any atom is 0.159 e. The Hall–Kier alpha value is -2.09. The second kappa shape index (κ2) is 4.30. The lowest BCUT2D eigenvalue weighted by atomic mass is 10.00. The molecule has 2 aromatic rings. The van der Waals surface area contributed by atoms with E-state index in [0.29, 0.717) is 0 Å². The van der Waals surface area contributed by atoms with E-state index in [4.69, 9.17) is 4.74 Å². The van der Waals surface area contributed by atoms with Crippen molar-refractivity contribution in [2.45, 2.75) is 13.3 Å². The topological polar surface area (TPSA) is 26.3 Å². The van der Waals surface area contributed by atoms with Crippen molar-refractivity contribution < 1.29 is 9.53 Å². The Kier molecular flexibility index (Phi) is 2.63. The molecule has 90 valence electrons. The second-order valence-electron chi connectivity index (χ2n) is 4.55. The van der Waals surface area contributed by atoms with Crippen LogP contribution in [-0.4, -0.2) is 12.4 Å². The lowest BCUT2D eigenvalue weighted by Gasteiger charge is -2.05. The zero-order valence-electron chi connectivity index (χ0n) is 10.3. The molecule has 0 spiro atoms. The van der Waals surface area contributed by atoms with E-state index in [2.05, 4.69) is 12.1 Å². The number of ether oxygens (including phenoxy) is 1. The first-order valence-electron chi connectivity index (χ1n) is 6.11. The van der Waals surface area contributed by atoms with Crippen LogP contribution >= 0.6 is 0 Å². The molecule has 3 rings (SSSR count). The summed E-state index contributed by atoms with van der Waals surface area (Å²) in [4.78, 5) is 11.2. The minimum atomic E-state index is 0.101. The predicted molar refractivity (Wildman–Crippen MR) is 71.1 cm³/mol. The van der Waals surface area contributed by atoms with E-state index in [9.17, 15) is 4.79 Å². The standard InChI is InChI=1S/C16H14O2/c1-11(17)12-2-4-13(5-3-12)14-6-7-16-15(10-14)8-9-18-16/h2-7,10H,8-9H2,1H3. The molecule has 2 nitrogen and oxygen atoms in total. The molecule has 0 unspecified atom stereocenters. The molecule has 0 aliphatic carbocycles. The molecule has 0 saturated heterocycles. The number of benzene rings is 2. The summed E-state index contributed by atoms with van der Waals surface area (Å²) in [5.74, 6) is 1.10. The molecule has 0 bridgehead atoms. The molecule has 0 radical (unpaired) electrons. The van der Waals surface area contributed by atoms with Crippen molar-refractivity contribution in [2.75, 3.05) is 6.61 Å². The number of hydrogen-bond donors (Lipinski definition) is 0. The van der Waals surface area contributed by atoms with E-state index < -0.39 is 0 Å². The number of Topliss-reactive ketones (excluding diaryl/α,β-unsaturated/α-hetero) is 1. The lowest BCUT2D eigenvalue weighted by molar-refractivity contribution is 0.101. The van der Waals surface area contributed by atoms with Gasteiger partial charge in [-0.15, -0.1) is 0 Å². The van der Waals surface area contributed by atoms with E-state index in [-0.39, 0.29) is 5.78 Å². The fourth-order valence-corrected chi connectivity index (χ4v) is 2.26. The van der Waals surface area contributed by atoms with Gasteiger partial charge < -0.3 is 4.74 Å². The Morgan fingerprint density at radius 2 is 1.78 bits per heavy atom. The third-order valence-electron chi connectivity index (χ3n) is 3.31. The minimum absolute atomic E-state index is 0.101. The van der Waals surface area contributed by atoms with Crippen LogP contribution < -0.4 is 4.74 Å². The first-order chi connectivity index (χ1) is 8.74. The van der Waals surface area contributed by atoms with Crippen LogP contribution in [0.1, 0.15) is 22.8 Å². The van der Waals surface area contributed by atoms with Crippen LogP contribution in [0, 0.1) is 0 Å². The highest BCUT2D eigenvalue weighted by Gasteiger charge is 2.12. The van der Waals surface area contributed by atoms with Gasteiger partial charge in [0.25, 0.3) is 0 Å². The van der Waals surface area contributed by atoms with Crippen LogP contribution in [-0.2, 0) is 6.42 Å². The lowest BCUT2D eigenvalue weighted by Crippen LogP contribution is -1.91. The number of carbonyl (C=O) groups excluding carboxylic acids is 1. The Morgan fingerprint density at radius 3 is 2.50 bits per heavy atom. The minimum Gasteiger partial charge on any atom is -0.493 e. The van der Waals surface area contributed by atoms with E-state index in [1.54, 1.807) is 6.92 Å². The van der Waals surface area contributed by atoms with Crippen LogP contribution in [0.4, 0.5) is 0 Å². The summed E-state index contributed by atoms with van der Waals surface area (Å²) in [6.07, 6.45) is 0.981. The largest absolute Gasteiger partial charge is 0.493 e. The van der Waals surface area contributed by atoms with Gasteiger partial charge in [0, 0.05) is 12.0 Å². The summed E-state index contributed by atoms with van der Waals surface area (Å²) in [5.41, 5.74) is 4.33. The van der Waals surface area contributed by atoms with Gasteiger partial charge in [-0.25, -0.2) is 0 Å². The highest BCUT2D eigenvalue weighted by atomic mass is 16.5. The van der Waals surface area contributed by atoms with Gasteiger partial charge in [0.1, 0.15) is 5.75 Å². The molecule has 1 aliphatic rings. The van der Waals surface area contributed by atoms with E-state index in [1.807, 2.05) is 30.3 Å². The third kappa shape index (κ3) is 1.90. The highest BCUT2D eigenvalue weighted by Crippen LogP contribution is 2.30. The molecule has 2 heteroatoms. The summed E-state index contributed by atoms with van der Waals surface area (Å²) in [6.45, 7) is 2.36. The summed E-state index contributed by atoms with van der Waals surface area (Å²) in [6, 6.07) is 14.0. The van der Waals surface area contributed by atoms with Crippen molar-refractivity contribution in [1.29, 1.82) is 0 Å². The van der Waals surface area contributed by atoms with Crippen molar-refractivity contribution in [1.82, 2.24) is 0 Å². The molecular weight excluding hydrogens is 224 g/mol. The van der Waals surface area contributed by atoms with Crippen molar-refractivity contribution in [3.05, 3.63) is 53.6 Å². The van der Waals surface area contributed by atoms with Crippen molar-refractivity contribution in [3.63, 3.8) is 0 Å². The van der Waals surface area contributed by atoms with E-state index in [0.717, 1.165) is 29.9 Å². The van der Waals surface area contributed by atoms with Crippen LogP contribution in [0.15, 0.2) is 42.5 Å². The van der Waals surface area contributed by atoms with Gasteiger partial charge in [-0.1, -0.05) is 30.3 Å². The normalized spacial score (nSPS) is 12.9. The van der Waals surface area contributed by atoms with Gasteiger partial charge in [-0.05, 0) is 35.7 Å². The maximum atomic E-state index is 11.2. The molecule has 1 aliphatic heterocycles. The van der Waals surface area contributed by atoms with Crippen molar-refractivity contribution >= 4 is 5.78 Å². The molecule has 0 atom stereocenters. The third-order valence-corrected chi connectivity index (χ3v) is 3.31. The van der Waals surface area contributed by atoms with Crippen molar-refractivity contribution in [3.8, 4) is 16.9 Å². The van der Waals surface area contributed by atoms with Crippen LogP contribution in [0.3, 0.4) is 0 Å². The van der Waals surface area contributed by atoms with E-state index >= 15 is 0 Å². The van der Waals surface area contributed by atoms with Gasteiger partial charge >= 0.3 is 0 Å². The Balaban J connectivity index is 1.97. The molecule has 2 aromatic carbocycles. The summed E-state index contributed by atoms with van der Waals surface area (Å²) in [5, 5.41) is 0. The molecule has 1 heterocycles. The summed E-state index contributed by atoms with van der Waals surface area (Å²) < 4.78 is 5.50. The SMILES string of the molecule is CC(=O)c1ccc(-c2ccc3c(c2)CCO3)cc1. The molecule has 0 N–H and O–H groups in total. The molecule has 0 saturated carbocycles. The highest BCUT2D eigenvalue weighted by molar-refractivity contribution is 5.94. The van der Waals surface area contributed by atoms with Gasteiger partial charge in [0.2, 0.25) is 0 Å². The average molecular weight is 238 g/mol. The number of rotatable bonds is 2. The molecule has 0 aromatic heterocycles. The molecule has 0 fully saturated rings. The fraction of sp³-hybridized carbons (Fsp3) is 0.188. The fourth-order valence-electron chi connectivity index (χ4n) is 2.26.